The molecule has 0 saturated carbocycles. The molecule has 0 aromatic carbocycles. The smallest absolute Gasteiger partial charge is 0.240 e. The number of piperazine rings is 1. The molecule has 2 saturated heterocycles. The highest BCUT2D eigenvalue weighted by molar-refractivity contribution is 5.78. The highest BCUT2D eigenvalue weighted by Crippen LogP contribution is 2.19. The number of carbonyl (C=O) groups excluding carboxylic acids is 1. The van der Waals surface area contributed by atoms with Gasteiger partial charge in [0.15, 0.2) is 5.82 Å². The third-order valence-corrected chi connectivity index (χ3v) is 5.03. The molecule has 2 aliphatic rings. The summed E-state index contributed by atoms with van der Waals surface area (Å²) in [5.74, 6) is 1.73. The summed E-state index contributed by atoms with van der Waals surface area (Å²) in [6.45, 7) is 13.1. The van der Waals surface area contributed by atoms with Gasteiger partial charge in [0.05, 0.1) is 13.1 Å². The van der Waals surface area contributed by atoms with Crippen LogP contribution in [0.25, 0.3) is 0 Å². The average Bonchev–Trinajstić information content (AvgIpc) is 3.06. The molecule has 0 atom stereocenters. The molecule has 7 nitrogen and oxygen atoms in total. The maximum absolute atomic E-state index is 12.4. The molecule has 0 spiro atoms. The van der Waals surface area contributed by atoms with Crippen molar-refractivity contribution in [3.05, 3.63) is 11.7 Å². The largest absolute Gasteiger partial charge is 0.342 e. The van der Waals surface area contributed by atoms with E-state index in [1.807, 2.05) is 4.90 Å². The molecule has 0 N–H and O–H groups in total. The Labute approximate surface area is 150 Å². The molecule has 2 aliphatic heterocycles. The number of nitrogens with zero attached hydrogens (tertiary/aromatic N) is 5. The number of amides is 1. The fraction of sp³-hybridized carbons (Fsp3) is 0.833. The van der Waals surface area contributed by atoms with Crippen LogP contribution in [0.4, 0.5) is 0 Å². The topological polar surface area (TPSA) is 65.7 Å². The maximum atomic E-state index is 12.4. The first-order valence-electron chi connectivity index (χ1n) is 9.47. The van der Waals surface area contributed by atoms with Crippen LogP contribution in [-0.2, 0) is 16.8 Å². The Morgan fingerprint density at radius 2 is 1.64 bits per heavy atom. The van der Waals surface area contributed by atoms with Gasteiger partial charge in [0.1, 0.15) is 0 Å². The van der Waals surface area contributed by atoms with Crippen molar-refractivity contribution < 1.29 is 9.32 Å². The first-order valence-corrected chi connectivity index (χ1v) is 9.47. The van der Waals surface area contributed by atoms with E-state index in [-0.39, 0.29) is 5.41 Å². The Morgan fingerprint density at radius 3 is 2.24 bits per heavy atom. The quantitative estimate of drug-likeness (QED) is 0.821. The van der Waals surface area contributed by atoms with E-state index in [0.29, 0.717) is 24.9 Å². The van der Waals surface area contributed by atoms with Gasteiger partial charge in [0.2, 0.25) is 11.8 Å². The van der Waals surface area contributed by atoms with Crippen molar-refractivity contribution in [1.82, 2.24) is 24.8 Å². The van der Waals surface area contributed by atoms with Gasteiger partial charge in [-0.3, -0.25) is 14.6 Å². The zero-order chi connectivity index (χ0) is 17.9. The molecule has 0 bridgehead atoms. The normalized spacial score (nSPS) is 20.8. The van der Waals surface area contributed by atoms with Crippen molar-refractivity contribution in [3.63, 3.8) is 0 Å². The third-order valence-electron chi connectivity index (χ3n) is 5.03. The van der Waals surface area contributed by atoms with Crippen molar-refractivity contribution in [2.45, 2.75) is 52.0 Å². The van der Waals surface area contributed by atoms with Crippen molar-refractivity contribution in [2.24, 2.45) is 0 Å². The Balaban J connectivity index is 1.42. The van der Waals surface area contributed by atoms with Gasteiger partial charge in [-0.25, -0.2) is 0 Å². The molecular formula is C18H31N5O2. The predicted octanol–water partition coefficient (Wildman–Crippen LogP) is 1.50. The second-order valence-electron chi connectivity index (χ2n) is 8.26. The number of aromatic nitrogens is 2. The molecule has 7 heteroatoms. The van der Waals surface area contributed by atoms with Gasteiger partial charge >= 0.3 is 0 Å². The summed E-state index contributed by atoms with van der Waals surface area (Å²) in [5.41, 5.74) is -0.0880. The first kappa shape index (κ1) is 18.3. The van der Waals surface area contributed by atoms with Gasteiger partial charge in [-0.05, 0) is 19.3 Å². The minimum atomic E-state index is -0.0880. The van der Waals surface area contributed by atoms with Gasteiger partial charge in [0, 0.05) is 44.7 Å². The van der Waals surface area contributed by atoms with Crippen molar-refractivity contribution in [1.29, 1.82) is 0 Å². The summed E-state index contributed by atoms with van der Waals surface area (Å²) in [7, 11) is 0. The molecule has 2 fully saturated rings. The summed E-state index contributed by atoms with van der Waals surface area (Å²) in [4.78, 5) is 23.5. The standard InChI is InChI=1S/C18H31N5O2/c1-18(2,3)17-19-15(25-20-17)13-21-9-11-22(12-10-21)14-16(24)23-7-5-4-6-8-23/h4-14H2,1-3H3. The number of piperidine rings is 1. The van der Waals surface area contributed by atoms with Gasteiger partial charge in [-0.15, -0.1) is 0 Å². The van der Waals surface area contributed by atoms with E-state index in [9.17, 15) is 4.79 Å². The Bertz CT molecular complexity index is 566. The van der Waals surface area contributed by atoms with Crippen LogP contribution in [0.1, 0.15) is 51.7 Å². The lowest BCUT2D eigenvalue weighted by Gasteiger charge is -2.35. The lowest BCUT2D eigenvalue weighted by atomic mass is 9.96. The summed E-state index contributed by atoms with van der Waals surface area (Å²) < 4.78 is 5.39. The van der Waals surface area contributed by atoms with E-state index in [4.69, 9.17) is 4.52 Å². The van der Waals surface area contributed by atoms with Gasteiger partial charge in [-0.2, -0.15) is 4.98 Å². The van der Waals surface area contributed by atoms with Crippen molar-refractivity contribution in [2.75, 3.05) is 45.8 Å². The molecule has 0 radical (unpaired) electrons. The van der Waals surface area contributed by atoms with E-state index in [1.165, 1.54) is 6.42 Å². The molecule has 3 heterocycles. The number of rotatable bonds is 4. The second kappa shape index (κ2) is 7.83. The van der Waals surface area contributed by atoms with E-state index in [0.717, 1.165) is 57.9 Å². The highest BCUT2D eigenvalue weighted by atomic mass is 16.5. The van der Waals surface area contributed by atoms with E-state index < -0.39 is 0 Å². The molecule has 3 rings (SSSR count). The molecular weight excluding hydrogens is 318 g/mol. The van der Waals surface area contributed by atoms with Crippen LogP contribution in [0.2, 0.25) is 0 Å². The summed E-state index contributed by atoms with van der Waals surface area (Å²) in [6, 6.07) is 0. The molecule has 140 valence electrons. The van der Waals surface area contributed by atoms with Crippen LogP contribution in [-0.4, -0.2) is 76.6 Å². The monoisotopic (exact) mass is 349 g/mol. The molecule has 0 aliphatic carbocycles. The molecule has 1 amide bonds. The Morgan fingerprint density at radius 1 is 1.00 bits per heavy atom. The van der Waals surface area contributed by atoms with Crippen LogP contribution in [0.15, 0.2) is 4.52 Å². The van der Waals surface area contributed by atoms with Crippen LogP contribution < -0.4 is 0 Å². The Kier molecular flexibility index (Phi) is 5.74. The van der Waals surface area contributed by atoms with Crippen LogP contribution in [0, 0.1) is 0 Å². The van der Waals surface area contributed by atoms with Crippen LogP contribution in [0.3, 0.4) is 0 Å². The number of hydrogen-bond acceptors (Lipinski definition) is 6. The molecule has 0 unspecified atom stereocenters. The third kappa shape index (κ3) is 5.01. The van der Waals surface area contributed by atoms with E-state index in [2.05, 4.69) is 40.7 Å². The van der Waals surface area contributed by atoms with Gasteiger partial charge < -0.3 is 9.42 Å². The minimum Gasteiger partial charge on any atom is -0.342 e. The summed E-state index contributed by atoms with van der Waals surface area (Å²) in [6.07, 6.45) is 3.57. The predicted molar refractivity (Wildman–Crippen MR) is 95.1 cm³/mol. The fourth-order valence-electron chi connectivity index (χ4n) is 3.36. The van der Waals surface area contributed by atoms with Gasteiger partial charge in [0.25, 0.3) is 0 Å². The first-order chi connectivity index (χ1) is 11.9. The SMILES string of the molecule is CC(C)(C)c1noc(CN2CCN(CC(=O)N3CCCCC3)CC2)n1. The molecule has 1 aromatic rings. The summed E-state index contributed by atoms with van der Waals surface area (Å²) in [5, 5.41) is 4.09. The maximum Gasteiger partial charge on any atom is 0.240 e. The van der Waals surface area contributed by atoms with Crippen molar-refractivity contribution >= 4 is 5.91 Å². The van der Waals surface area contributed by atoms with Gasteiger partial charge in [-0.1, -0.05) is 25.9 Å². The van der Waals surface area contributed by atoms with E-state index >= 15 is 0 Å². The zero-order valence-electron chi connectivity index (χ0n) is 15.8. The Hall–Kier alpha value is -1.47. The highest BCUT2D eigenvalue weighted by Gasteiger charge is 2.25. The van der Waals surface area contributed by atoms with E-state index in [1.54, 1.807) is 0 Å². The minimum absolute atomic E-state index is 0.0880. The fourth-order valence-corrected chi connectivity index (χ4v) is 3.36. The zero-order valence-corrected chi connectivity index (χ0v) is 15.8. The lowest BCUT2D eigenvalue weighted by molar-refractivity contribution is -0.133. The lowest BCUT2D eigenvalue weighted by Crippen LogP contribution is -2.50. The molecule has 25 heavy (non-hydrogen) atoms. The summed E-state index contributed by atoms with van der Waals surface area (Å²) >= 11 is 0. The van der Waals surface area contributed by atoms with Crippen LogP contribution >= 0.6 is 0 Å². The number of hydrogen-bond donors (Lipinski definition) is 0. The van der Waals surface area contributed by atoms with Crippen molar-refractivity contribution in [3.8, 4) is 0 Å². The molecule has 1 aromatic heterocycles. The number of carbonyl (C=O) groups is 1. The van der Waals surface area contributed by atoms with Crippen LogP contribution in [0.5, 0.6) is 0 Å². The number of likely N-dealkylation sites (tertiary alicyclic amines) is 1. The average molecular weight is 349 g/mol. The second-order valence-corrected chi connectivity index (χ2v) is 8.26.